The lowest BCUT2D eigenvalue weighted by Gasteiger charge is -2.08. The van der Waals surface area contributed by atoms with Crippen molar-refractivity contribution in [2.24, 2.45) is 5.92 Å². The van der Waals surface area contributed by atoms with Crippen LogP contribution in [-0.2, 0) is 11.3 Å². The van der Waals surface area contributed by atoms with E-state index in [0.29, 0.717) is 30.2 Å². The molecular formula is C14H18N4O3. The van der Waals surface area contributed by atoms with E-state index in [1.165, 1.54) is 10.9 Å². The van der Waals surface area contributed by atoms with E-state index in [-0.39, 0.29) is 23.8 Å². The van der Waals surface area contributed by atoms with Crippen molar-refractivity contribution in [3.8, 4) is 11.5 Å². The first-order valence-corrected chi connectivity index (χ1v) is 6.65. The van der Waals surface area contributed by atoms with Crippen molar-refractivity contribution in [2.75, 3.05) is 12.3 Å². The molecule has 0 fully saturated rings. The Labute approximate surface area is 122 Å². The molecule has 0 aliphatic rings. The first kappa shape index (κ1) is 14.8. The standard InChI is InChI=1S/C14H18N4O3/c1-9(2)6-16-12(20)7-18-14(15)10(8-19)13(17-18)11-4-3-5-21-11/h3-5,8-9H,6-7,15H2,1-2H3,(H,16,20). The molecule has 21 heavy (non-hydrogen) atoms. The Kier molecular flexibility index (Phi) is 4.42. The molecule has 3 N–H and O–H groups in total. The van der Waals surface area contributed by atoms with Gasteiger partial charge in [0, 0.05) is 6.54 Å². The van der Waals surface area contributed by atoms with Gasteiger partial charge in [0.25, 0.3) is 0 Å². The molecule has 2 aromatic heterocycles. The fraction of sp³-hybridized carbons (Fsp3) is 0.357. The summed E-state index contributed by atoms with van der Waals surface area (Å²) in [5, 5.41) is 6.97. The molecule has 0 saturated carbocycles. The lowest BCUT2D eigenvalue weighted by molar-refractivity contribution is -0.121. The average Bonchev–Trinajstić information content (AvgIpc) is 3.05. The second kappa shape index (κ2) is 6.25. The number of aldehydes is 1. The maximum atomic E-state index is 11.8. The lowest BCUT2D eigenvalue weighted by atomic mass is 10.2. The molecule has 0 radical (unpaired) electrons. The normalized spacial score (nSPS) is 10.8. The van der Waals surface area contributed by atoms with Crippen LogP contribution in [0.15, 0.2) is 22.8 Å². The molecule has 7 nitrogen and oxygen atoms in total. The second-order valence-corrected chi connectivity index (χ2v) is 5.10. The number of nitrogens with two attached hydrogens (primary N) is 1. The minimum Gasteiger partial charge on any atom is -0.463 e. The molecule has 0 aromatic carbocycles. The fourth-order valence-corrected chi connectivity index (χ4v) is 1.83. The third-order valence-corrected chi connectivity index (χ3v) is 2.90. The molecule has 0 saturated heterocycles. The summed E-state index contributed by atoms with van der Waals surface area (Å²) < 4.78 is 6.53. The number of carbonyl (C=O) groups is 2. The van der Waals surface area contributed by atoms with Gasteiger partial charge in [-0.1, -0.05) is 13.8 Å². The van der Waals surface area contributed by atoms with Gasteiger partial charge in [0.1, 0.15) is 18.1 Å². The molecule has 0 atom stereocenters. The summed E-state index contributed by atoms with van der Waals surface area (Å²) >= 11 is 0. The van der Waals surface area contributed by atoms with Crippen LogP contribution < -0.4 is 11.1 Å². The van der Waals surface area contributed by atoms with Gasteiger partial charge >= 0.3 is 0 Å². The van der Waals surface area contributed by atoms with Gasteiger partial charge in [0.05, 0.1) is 11.8 Å². The van der Waals surface area contributed by atoms with Crippen molar-refractivity contribution in [1.29, 1.82) is 0 Å². The smallest absolute Gasteiger partial charge is 0.241 e. The van der Waals surface area contributed by atoms with Gasteiger partial charge in [-0.2, -0.15) is 5.10 Å². The van der Waals surface area contributed by atoms with Crippen LogP contribution in [0.4, 0.5) is 5.82 Å². The molecule has 0 aliphatic heterocycles. The summed E-state index contributed by atoms with van der Waals surface area (Å²) in [6.07, 6.45) is 2.09. The van der Waals surface area contributed by atoms with Crippen molar-refractivity contribution >= 4 is 18.0 Å². The number of anilines is 1. The number of amides is 1. The van der Waals surface area contributed by atoms with Gasteiger partial charge in [-0.05, 0) is 18.1 Å². The lowest BCUT2D eigenvalue weighted by Crippen LogP contribution is -2.31. The van der Waals surface area contributed by atoms with Crippen LogP contribution in [0.3, 0.4) is 0 Å². The zero-order chi connectivity index (χ0) is 15.4. The van der Waals surface area contributed by atoms with Crippen LogP contribution in [0.25, 0.3) is 11.5 Å². The third kappa shape index (κ3) is 3.31. The highest BCUT2D eigenvalue weighted by Gasteiger charge is 2.19. The minimum absolute atomic E-state index is 0.0416. The SMILES string of the molecule is CC(C)CNC(=O)Cn1nc(-c2ccco2)c(C=O)c1N. The molecule has 112 valence electrons. The molecular weight excluding hydrogens is 272 g/mol. The number of nitrogens with zero attached hydrogens (tertiary/aromatic N) is 2. The predicted octanol–water partition coefficient (Wildman–Crippen LogP) is 1.31. The van der Waals surface area contributed by atoms with E-state index >= 15 is 0 Å². The number of rotatable bonds is 6. The van der Waals surface area contributed by atoms with Crippen molar-refractivity contribution < 1.29 is 14.0 Å². The number of hydrogen-bond acceptors (Lipinski definition) is 5. The Morgan fingerprint density at radius 2 is 2.33 bits per heavy atom. The molecule has 0 bridgehead atoms. The largest absolute Gasteiger partial charge is 0.463 e. The number of aromatic nitrogens is 2. The van der Waals surface area contributed by atoms with Crippen molar-refractivity contribution in [2.45, 2.75) is 20.4 Å². The number of furan rings is 1. The molecule has 2 aromatic rings. The molecule has 0 spiro atoms. The fourth-order valence-electron chi connectivity index (χ4n) is 1.83. The van der Waals surface area contributed by atoms with Gasteiger partial charge in [0.2, 0.25) is 5.91 Å². The van der Waals surface area contributed by atoms with Crippen molar-refractivity contribution in [1.82, 2.24) is 15.1 Å². The summed E-state index contributed by atoms with van der Waals surface area (Å²) in [5.41, 5.74) is 6.43. The zero-order valence-corrected chi connectivity index (χ0v) is 12.0. The molecule has 2 heterocycles. The van der Waals surface area contributed by atoms with Gasteiger partial charge in [-0.15, -0.1) is 0 Å². The first-order chi connectivity index (χ1) is 10.0. The van der Waals surface area contributed by atoms with Gasteiger partial charge in [-0.3, -0.25) is 9.59 Å². The summed E-state index contributed by atoms with van der Waals surface area (Å²) in [7, 11) is 0. The van der Waals surface area contributed by atoms with Gasteiger partial charge < -0.3 is 15.5 Å². The van der Waals surface area contributed by atoms with Crippen LogP contribution in [0.5, 0.6) is 0 Å². The molecule has 0 unspecified atom stereocenters. The second-order valence-electron chi connectivity index (χ2n) is 5.10. The van der Waals surface area contributed by atoms with E-state index in [9.17, 15) is 9.59 Å². The summed E-state index contributed by atoms with van der Waals surface area (Å²) in [6, 6.07) is 3.37. The van der Waals surface area contributed by atoms with Gasteiger partial charge in [-0.25, -0.2) is 4.68 Å². The Hall–Kier alpha value is -2.57. The number of nitrogens with one attached hydrogen (secondary N) is 1. The van der Waals surface area contributed by atoms with Crippen LogP contribution in [0.2, 0.25) is 0 Å². The van der Waals surface area contributed by atoms with E-state index in [2.05, 4.69) is 10.4 Å². The quantitative estimate of drug-likeness (QED) is 0.781. The van der Waals surface area contributed by atoms with Crippen LogP contribution in [0.1, 0.15) is 24.2 Å². The maximum Gasteiger partial charge on any atom is 0.241 e. The molecule has 0 aliphatic carbocycles. The Bertz CT molecular complexity index is 629. The first-order valence-electron chi connectivity index (χ1n) is 6.65. The molecule has 1 amide bonds. The number of hydrogen-bond donors (Lipinski definition) is 2. The van der Waals surface area contributed by atoms with E-state index in [4.69, 9.17) is 10.2 Å². The molecule has 2 rings (SSSR count). The van der Waals surface area contributed by atoms with E-state index in [0.717, 1.165) is 0 Å². The van der Waals surface area contributed by atoms with Crippen LogP contribution >= 0.6 is 0 Å². The monoisotopic (exact) mass is 290 g/mol. The summed E-state index contributed by atoms with van der Waals surface area (Å²) in [4.78, 5) is 23.0. The van der Waals surface area contributed by atoms with E-state index < -0.39 is 0 Å². The summed E-state index contributed by atoms with van der Waals surface area (Å²) in [6.45, 7) is 4.54. The maximum absolute atomic E-state index is 11.8. The highest BCUT2D eigenvalue weighted by molar-refractivity contribution is 5.91. The Balaban J connectivity index is 2.21. The Morgan fingerprint density at radius 3 is 2.90 bits per heavy atom. The van der Waals surface area contributed by atoms with E-state index in [1.807, 2.05) is 13.8 Å². The molecule has 7 heteroatoms. The van der Waals surface area contributed by atoms with E-state index in [1.54, 1.807) is 12.1 Å². The highest BCUT2D eigenvalue weighted by atomic mass is 16.3. The predicted molar refractivity (Wildman–Crippen MR) is 77.6 cm³/mol. The summed E-state index contributed by atoms with van der Waals surface area (Å²) in [5.74, 6) is 0.732. The number of carbonyl (C=O) groups excluding carboxylic acids is 2. The number of nitrogen functional groups attached to an aromatic ring is 1. The zero-order valence-electron chi connectivity index (χ0n) is 12.0. The topological polar surface area (TPSA) is 103 Å². The van der Waals surface area contributed by atoms with Crippen LogP contribution in [-0.4, -0.2) is 28.5 Å². The average molecular weight is 290 g/mol. The van der Waals surface area contributed by atoms with Crippen molar-refractivity contribution in [3.05, 3.63) is 24.0 Å². The highest BCUT2D eigenvalue weighted by Crippen LogP contribution is 2.25. The third-order valence-electron chi connectivity index (χ3n) is 2.90. The minimum atomic E-state index is -0.207. The van der Waals surface area contributed by atoms with Crippen molar-refractivity contribution in [3.63, 3.8) is 0 Å². The Morgan fingerprint density at radius 1 is 1.57 bits per heavy atom. The van der Waals surface area contributed by atoms with Crippen LogP contribution in [0, 0.1) is 5.92 Å². The van der Waals surface area contributed by atoms with Gasteiger partial charge in [0.15, 0.2) is 12.0 Å².